The van der Waals surface area contributed by atoms with E-state index in [4.69, 9.17) is 18.9 Å². The highest BCUT2D eigenvalue weighted by atomic mass is 32.2. The molecule has 0 amide bonds. The smallest absolute Gasteiger partial charge is 0.306 e. The van der Waals surface area contributed by atoms with E-state index in [9.17, 15) is 37.9 Å². The number of aliphatic hydroxyl groups is 3. The zero-order valence-electron chi connectivity index (χ0n) is 39.2. The number of carbonyl (C=O) groups is 2. The largest absolute Gasteiger partial charge is 0.462 e. The van der Waals surface area contributed by atoms with E-state index in [-0.39, 0.29) is 19.4 Å². The van der Waals surface area contributed by atoms with Crippen molar-refractivity contribution in [1.29, 1.82) is 0 Å². The predicted octanol–water partition coefficient (Wildman–Crippen LogP) is 11.0. The van der Waals surface area contributed by atoms with Crippen LogP contribution in [0.3, 0.4) is 0 Å². The van der Waals surface area contributed by atoms with Crippen LogP contribution in [0.25, 0.3) is 0 Å². The number of carbonyl (C=O) groups excluding carboxylic acids is 2. The van der Waals surface area contributed by atoms with Gasteiger partial charge >= 0.3 is 11.9 Å². The highest BCUT2D eigenvalue weighted by Gasteiger charge is 2.46. The first kappa shape index (κ1) is 58.4. The summed E-state index contributed by atoms with van der Waals surface area (Å²) in [5.74, 6) is -1.98. The second-order valence-electron chi connectivity index (χ2n) is 17.8. The van der Waals surface area contributed by atoms with Crippen molar-refractivity contribution in [2.75, 3.05) is 19.0 Å². The van der Waals surface area contributed by atoms with E-state index in [1.165, 1.54) is 135 Å². The van der Waals surface area contributed by atoms with Crippen LogP contribution in [0.15, 0.2) is 12.2 Å². The molecule has 0 saturated carbocycles. The van der Waals surface area contributed by atoms with Crippen molar-refractivity contribution in [3.05, 3.63) is 12.2 Å². The number of ether oxygens (including phenoxy) is 4. The van der Waals surface area contributed by atoms with E-state index in [0.717, 1.165) is 57.8 Å². The lowest BCUT2D eigenvalue weighted by atomic mass is 10.00. The maximum Gasteiger partial charge on any atom is 0.306 e. The molecular weight excluding hydrogens is 813 g/mol. The van der Waals surface area contributed by atoms with Crippen LogP contribution in [0, 0.1) is 0 Å². The summed E-state index contributed by atoms with van der Waals surface area (Å²) in [5, 5.41) is 30.9. The highest BCUT2D eigenvalue weighted by molar-refractivity contribution is 7.85. The third-order valence-corrected chi connectivity index (χ3v) is 12.6. The number of hydrogen-bond acceptors (Lipinski definition) is 11. The van der Waals surface area contributed by atoms with Gasteiger partial charge in [-0.3, -0.25) is 14.1 Å². The number of esters is 2. The topological polar surface area (TPSA) is 186 Å². The molecule has 2 unspecified atom stereocenters. The standard InChI is InChI=1S/C49H92O12S/c1-3-5-7-9-11-13-15-16-17-18-19-20-21-22-23-24-25-26-28-30-32-34-36-38-45(51)60-42(39-58-44(50)37-35-33-31-29-27-14-12-10-8-6-4-2)40-59-49-48(54)47(53)46(52)43(61-49)41-62(55,56)57/h10,12,42-43,46-49,52-54H,3-9,11,13-41H2,1-2H3,(H,55,56,57)/b12-10+/t42-,43-,46-,47?,48?,49+/m1/s1. The number of unbranched alkanes of at least 4 members (excludes halogenated alkanes) is 29. The Morgan fingerprint density at radius 1 is 0.532 bits per heavy atom. The van der Waals surface area contributed by atoms with Crippen molar-refractivity contribution < 1.29 is 56.8 Å². The van der Waals surface area contributed by atoms with Gasteiger partial charge in [-0.05, 0) is 32.1 Å². The maximum absolute atomic E-state index is 12.8. The summed E-state index contributed by atoms with van der Waals surface area (Å²) >= 11 is 0. The highest BCUT2D eigenvalue weighted by Crippen LogP contribution is 2.24. The Hall–Kier alpha value is -1.61. The molecule has 1 aliphatic heterocycles. The van der Waals surface area contributed by atoms with Crippen molar-refractivity contribution in [3.8, 4) is 0 Å². The van der Waals surface area contributed by atoms with Crippen molar-refractivity contribution in [1.82, 2.24) is 0 Å². The average molecular weight is 905 g/mol. The normalized spacial score (nSPS) is 19.9. The third-order valence-electron chi connectivity index (χ3n) is 11.8. The van der Waals surface area contributed by atoms with E-state index < -0.39 is 71.2 Å². The van der Waals surface area contributed by atoms with Gasteiger partial charge in [-0.15, -0.1) is 0 Å². The van der Waals surface area contributed by atoms with Gasteiger partial charge in [0.05, 0.1) is 6.61 Å². The molecule has 0 aromatic carbocycles. The lowest BCUT2D eigenvalue weighted by Crippen LogP contribution is -2.60. The molecule has 62 heavy (non-hydrogen) atoms. The van der Waals surface area contributed by atoms with E-state index in [1.54, 1.807) is 0 Å². The molecule has 1 aliphatic rings. The first-order valence-electron chi connectivity index (χ1n) is 25.2. The first-order valence-corrected chi connectivity index (χ1v) is 26.9. The van der Waals surface area contributed by atoms with Crippen LogP contribution in [0.5, 0.6) is 0 Å². The van der Waals surface area contributed by atoms with Gasteiger partial charge in [0, 0.05) is 12.8 Å². The fourth-order valence-corrected chi connectivity index (χ4v) is 8.59. The minimum absolute atomic E-state index is 0.169. The second-order valence-corrected chi connectivity index (χ2v) is 19.3. The molecule has 13 heteroatoms. The van der Waals surface area contributed by atoms with Crippen LogP contribution in [-0.4, -0.2) is 96.0 Å². The number of aliphatic hydroxyl groups excluding tert-OH is 3. The van der Waals surface area contributed by atoms with Crippen LogP contribution in [0.4, 0.5) is 0 Å². The molecule has 0 spiro atoms. The van der Waals surface area contributed by atoms with Gasteiger partial charge in [0.25, 0.3) is 10.1 Å². The van der Waals surface area contributed by atoms with Crippen LogP contribution < -0.4 is 0 Å². The third kappa shape index (κ3) is 33.8. The lowest BCUT2D eigenvalue weighted by molar-refractivity contribution is -0.297. The lowest BCUT2D eigenvalue weighted by Gasteiger charge is -2.40. The minimum Gasteiger partial charge on any atom is -0.462 e. The van der Waals surface area contributed by atoms with E-state index in [2.05, 4.69) is 26.0 Å². The molecular formula is C49H92O12S. The summed E-state index contributed by atoms with van der Waals surface area (Å²) in [4.78, 5) is 25.4. The Morgan fingerprint density at radius 3 is 1.39 bits per heavy atom. The fraction of sp³-hybridized carbons (Fsp3) is 0.918. The van der Waals surface area contributed by atoms with Gasteiger partial charge < -0.3 is 34.3 Å². The van der Waals surface area contributed by atoms with Gasteiger partial charge in [0.1, 0.15) is 36.8 Å². The zero-order valence-corrected chi connectivity index (χ0v) is 40.1. The zero-order chi connectivity index (χ0) is 45.5. The minimum atomic E-state index is -4.60. The molecule has 0 aromatic rings. The molecule has 0 bridgehead atoms. The number of rotatable bonds is 43. The SMILES string of the molecule is CCCC/C=C/CCCCCCCC(=O)OC[C@H](CO[C@H]1O[C@H](CS(=O)(=O)O)[C@@H](O)C(O)C1O)OC(=O)CCCCCCCCCCCCCCCCCCCCCCCCC. The van der Waals surface area contributed by atoms with Crippen LogP contribution in [-0.2, 0) is 38.7 Å². The van der Waals surface area contributed by atoms with Crippen LogP contribution in [0.1, 0.15) is 232 Å². The Bertz CT molecular complexity index is 1200. The molecule has 0 aromatic heterocycles. The van der Waals surface area contributed by atoms with Crippen molar-refractivity contribution in [2.24, 2.45) is 0 Å². The molecule has 4 N–H and O–H groups in total. The number of allylic oxidation sites excluding steroid dienone is 2. The van der Waals surface area contributed by atoms with Gasteiger partial charge in [-0.2, -0.15) is 8.42 Å². The van der Waals surface area contributed by atoms with Gasteiger partial charge in [0.2, 0.25) is 0 Å². The number of hydrogen-bond donors (Lipinski definition) is 4. The maximum atomic E-state index is 12.8. The Balaban J connectivity index is 2.31. The van der Waals surface area contributed by atoms with Crippen molar-refractivity contribution in [2.45, 2.75) is 269 Å². The first-order chi connectivity index (χ1) is 30.0. The molecule has 6 atom stereocenters. The van der Waals surface area contributed by atoms with Crippen LogP contribution >= 0.6 is 0 Å². The summed E-state index contributed by atoms with van der Waals surface area (Å²) < 4.78 is 54.1. The second kappa shape index (κ2) is 39.7. The molecule has 1 heterocycles. The fourth-order valence-electron chi connectivity index (χ4n) is 7.90. The quantitative estimate of drug-likeness (QED) is 0.0197. The summed E-state index contributed by atoms with van der Waals surface area (Å²) in [5.41, 5.74) is 0. The van der Waals surface area contributed by atoms with Gasteiger partial charge in [-0.25, -0.2) is 0 Å². The Labute approximate surface area is 377 Å². The molecule has 0 aliphatic carbocycles. The summed E-state index contributed by atoms with van der Waals surface area (Å²) in [7, 11) is -4.60. The van der Waals surface area contributed by atoms with Crippen molar-refractivity contribution >= 4 is 22.1 Å². The summed E-state index contributed by atoms with van der Waals surface area (Å²) in [6, 6.07) is 0. The Morgan fingerprint density at radius 2 is 0.935 bits per heavy atom. The van der Waals surface area contributed by atoms with Gasteiger partial charge in [0.15, 0.2) is 12.4 Å². The summed E-state index contributed by atoms with van der Waals surface area (Å²) in [6.45, 7) is 3.74. The molecule has 1 rings (SSSR count). The summed E-state index contributed by atoms with van der Waals surface area (Å²) in [6.07, 6.45) is 34.1. The monoisotopic (exact) mass is 905 g/mol. The van der Waals surface area contributed by atoms with Crippen molar-refractivity contribution in [3.63, 3.8) is 0 Å². The Kier molecular flexibility index (Phi) is 37.4. The molecule has 12 nitrogen and oxygen atoms in total. The molecule has 1 saturated heterocycles. The van der Waals surface area contributed by atoms with E-state index >= 15 is 0 Å². The molecule has 1 fully saturated rings. The predicted molar refractivity (Wildman–Crippen MR) is 247 cm³/mol. The van der Waals surface area contributed by atoms with E-state index in [0.29, 0.717) is 12.8 Å². The van der Waals surface area contributed by atoms with Gasteiger partial charge in [-0.1, -0.05) is 199 Å². The molecule has 0 radical (unpaired) electrons. The molecule has 366 valence electrons. The van der Waals surface area contributed by atoms with E-state index in [1.807, 2.05) is 0 Å². The van der Waals surface area contributed by atoms with Crippen LogP contribution in [0.2, 0.25) is 0 Å². The average Bonchev–Trinajstić information content (AvgIpc) is 3.24.